The van der Waals surface area contributed by atoms with Crippen molar-refractivity contribution in [3.05, 3.63) is 21.7 Å². The Labute approximate surface area is 119 Å². The Balaban J connectivity index is 2.05. The summed E-state index contributed by atoms with van der Waals surface area (Å²) in [5, 5.41) is 1.00. The van der Waals surface area contributed by atoms with Gasteiger partial charge in [-0.15, -0.1) is 0 Å². The van der Waals surface area contributed by atoms with Crippen LogP contribution in [0.15, 0.2) is 0 Å². The number of nitrogens with zero attached hydrogens (tertiary/aromatic N) is 2. The molecule has 1 aliphatic rings. The van der Waals surface area contributed by atoms with Crippen LogP contribution in [0.4, 0.5) is 0 Å². The molecule has 0 amide bonds. The molecule has 1 aromatic heterocycles. The fourth-order valence-electron chi connectivity index (χ4n) is 2.78. The zero-order valence-electron chi connectivity index (χ0n) is 11.0. The van der Waals surface area contributed by atoms with Crippen LogP contribution in [0, 0.1) is 12.8 Å². The van der Waals surface area contributed by atoms with Crippen LogP contribution in [0.2, 0.25) is 10.3 Å². The highest BCUT2D eigenvalue weighted by Gasteiger charge is 2.24. The van der Waals surface area contributed by atoms with Crippen LogP contribution >= 0.6 is 23.2 Å². The number of hydrogen-bond acceptors (Lipinski definition) is 2. The molecule has 0 atom stereocenters. The van der Waals surface area contributed by atoms with Crippen molar-refractivity contribution in [1.29, 1.82) is 0 Å². The number of hydrogen-bond donors (Lipinski definition) is 0. The molecule has 4 heteroatoms. The molecule has 100 valence electrons. The lowest BCUT2D eigenvalue weighted by atomic mass is 9.80. The van der Waals surface area contributed by atoms with Crippen molar-refractivity contribution in [2.24, 2.45) is 5.92 Å². The third-order valence-electron chi connectivity index (χ3n) is 3.95. The van der Waals surface area contributed by atoms with E-state index in [0.717, 1.165) is 17.3 Å². The molecule has 2 nitrogen and oxygen atoms in total. The van der Waals surface area contributed by atoms with E-state index < -0.39 is 0 Å². The van der Waals surface area contributed by atoms with Crippen LogP contribution in [0.25, 0.3) is 0 Å². The van der Waals surface area contributed by atoms with Gasteiger partial charge in [0.2, 0.25) is 0 Å². The molecule has 1 fully saturated rings. The Hall–Kier alpha value is -0.340. The van der Waals surface area contributed by atoms with Crippen molar-refractivity contribution < 1.29 is 0 Å². The molecule has 1 aromatic rings. The van der Waals surface area contributed by atoms with Gasteiger partial charge < -0.3 is 0 Å². The molecular weight excluding hydrogens is 267 g/mol. The first-order chi connectivity index (χ1) is 8.61. The Morgan fingerprint density at radius 2 is 1.61 bits per heavy atom. The molecule has 0 unspecified atom stereocenters. The van der Waals surface area contributed by atoms with Gasteiger partial charge in [0.05, 0.1) is 0 Å². The van der Waals surface area contributed by atoms with Crippen molar-refractivity contribution in [3.63, 3.8) is 0 Å². The first-order valence-electron chi connectivity index (χ1n) is 6.81. The van der Waals surface area contributed by atoms with Crippen LogP contribution in [-0.4, -0.2) is 9.97 Å². The van der Waals surface area contributed by atoms with Gasteiger partial charge in [-0.1, -0.05) is 43.0 Å². The topological polar surface area (TPSA) is 25.8 Å². The van der Waals surface area contributed by atoms with Crippen LogP contribution in [0.3, 0.4) is 0 Å². The standard InChI is InChI=1S/C14H20Cl2N2/c1-3-4-10-5-7-11(8-6-10)14-17-12(15)9(2)13(16)18-14/h10-11H,3-8H2,1-2H3. The molecule has 0 N–H and O–H groups in total. The van der Waals surface area contributed by atoms with Crippen LogP contribution in [-0.2, 0) is 0 Å². The van der Waals surface area contributed by atoms with E-state index in [1.807, 2.05) is 6.92 Å². The summed E-state index contributed by atoms with van der Waals surface area (Å²) in [4.78, 5) is 8.80. The SMILES string of the molecule is CCCC1CCC(c2nc(Cl)c(C)c(Cl)n2)CC1. The molecule has 0 bridgehead atoms. The fourth-order valence-corrected chi connectivity index (χ4v) is 3.18. The van der Waals surface area contributed by atoms with E-state index in [9.17, 15) is 0 Å². The van der Waals surface area contributed by atoms with Crippen molar-refractivity contribution in [1.82, 2.24) is 9.97 Å². The highest BCUT2D eigenvalue weighted by molar-refractivity contribution is 6.34. The molecular formula is C14H20Cl2N2. The maximum absolute atomic E-state index is 6.08. The summed E-state index contributed by atoms with van der Waals surface area (Å²) in [5.74, 6) is 2.17. The fraction of sp³-hybridized carbons (Fsp3) is 0.714. The molecule has 2 rings (SSSR count). The second kappa shape index (κ2) is 6.21. The third-order valence-corrected chi connectivity index (χ3v) is 4.69. The summed E-state index contributed by atoms with van der Waals surface area (Å²) in [6.07, 6.45) is 7.54. The second-order valence-electron chi connectivity index (χ2n) is 5.29. The van der Waals surface area contributed by atoms with Crippen molar-refractivity contribution in [2.45, 2.75) is 58.3 Å². The van der Waals surface area contributed by atoms with Gasteiger partial charge in [-0.05, 0) is 38.5 Å². The Morgan fingerprint density at radius 1 is 1.06 bits per heavy atom. The molecule has 0 aromatic carbocycles. The van der Waals surface area contributed by atoms with Gasteiger partial charge >= 0.3 is 0 Å². The maximum atomic E-state index is 6.08. The Bertz CT molecular complexity index is 389. The van der Waals surface area contributed by atoms with E-state index in [1.165, 1.54) is 38.5 Å². The summed E-state index contributed by atoms with van der Waals surface area (Å²) in [5.41, 5.74) is 0.779. The van der Waals surface area contributed by atoms with E-state index >= 15 is 0 Å². The molecule has 0 aliphatic heterocycles. The van der Waals surface area contributed by atoms with Gasteiger partial charge in [-0.25, -0.2) is 9.97 Å². The first kappa shape index (κ1) is 14.1. The number of halogens is 2. The number of aromatic nitrogens is 2. The molecule has 1 aliphatic carbocycles. The van der Waals surface area contributed by atoms with Gasteiger partial charge in [-0.2, -0.15) is 0 Å². The number of rotatable bonds is 3. The van der Waals surface area contributed by atoms with E-state index in [0.29, 0.717) is 16.2 Å². The third kappa shape index (κ3) is 3.16. The zero-order chi connectivity index (χ0) is 13.1. The molecule has 18 heavy (non-hydrogen) atoms. The lowest BCUT2D eigenvalue weighted by molar-refractivity contribution is 0.302. The van der Waals surface area contributed by atoms with Gasteiger partial charge in [0, 0.05) is 11.5 Å². The van der Waals surface area contributed by atoms with Crippen LogP contribution in [0.5, 0.6) is 0 Å². The minimum Gasteiger partial charge on any atom is -0.221 e. The summed E-state index contributed by atoms with van der Waals surface area (Å²) in [6.45, 7) is 4.11. The second-order valence-corrected chi connectivity index (χ2v) is 6.01. The average Bonchev–Trinajstić information content (AvgIpc) is 2.37. The molecule has 1 heterocycles. The van der Waals surface area contributed by atoms with Gasteiger partial charge in [0.25, 0.3) is 0 Å². The van der Waals surface area contributed by atoms with Crippen LogP contribution < -0.4 is 0 Å². The smallest absolute Gasteiger partial charge is 0.137 e. The largest absolute Gasteiger partial charge is 0.221 e. The van der Waals surface area contributed by atoms with Gasteiger partial charge in [-0.3, -0.25) is 0 Å². The van der Waals surface area contributed by atoms with E-state index in [-0.39, 0.29) is 0 Å². The molecule has 0 saturated heterocycles. The van der Waals surface area contributed by atoms with E-state index in [4.69, 9.17) is 23.2 Å². The van der Waals surface area contributed by atoms with Crippen LogP contribution in [0.1, 0.15) is 62.8 Å². The summed E-state index contributed by atoms with van der Waals surface area (Å²) in [7, 11) is 0. The van der Waals surface area contributed by atoms with Crippen molar-refractivity contribution in [2.75, 3.05) is 0 Å². The average molecular weight is 287 g/mol. The summed E-state index contributed by atoms with van der Waals surface area (Å²) >= 11 is 12.2. The predicted molar refractivity (Wildman–Crippen MR) is 76.4 cm³/mol. The normalized spacial score (nSPS) is 24.2. The molecule has 0 spiro atoms. The quantitative estimate of drug-likeness (QED) is 0.717. The Kier molecular flexibility index (Phi) is 4.85. The van der Waals surface area contributed by atoms with Gasteiger partial charge in [0.1, 0.15) is 16.1 Å². The van der Waals surface area contributed by atoms with E-state index in [2.05, 4.69) is 16.9 Å². The van der Waals surface area contributed by atoms with Crippen molar-refractivity contribution in [3.8, 4) is 0 Å². The predicted octanol–water partition coefficient (Wildman–Crippen LogP) is 5.17. The maximum Gasteiger partial charge on any atom is 0.137 e. The van der Waals surface area contributed by atoms with Crippen molar-refractivity contribution >= 4 is 23.2 Å². The lowest BCUT2D eigenvalue weighted by Gasteiger charge is -2.27. The first-order valence-corrected chi connectivity index (χ1v) is 7.57. The molecule has 0 radical (unpaired) electrons. The van der Waals surface area contributed by atoms with E-state index in [1.54, 1.807) is 0 Å². The summed E-state index contributed by atoms with van der Waals surface area (Å²) in [6, 6.07) is 0. The Morgan fingerprint density at radius 3 is 2.11 bits per heavy atom. The highest BCUT2D eigenvalue weighted by Crippen LogP contribution is 2.37. The lowest BCUT2D eigenvalue weighted by Crippen LogP contribution is -2.15. The summed E-state index contributed by atoms with van der Waals surface area (Å²) < 4.78 is 0. The molecule has 1 saturated carbocycles. The highest BCUT2D eigenvalue weighted by atomic mass is 35.5. The minimum atomic E-state index is 0.439. The van der Waals surface area contributed by atoms with Gasteiger partial charge in [0.15, 0.2) is 0 Å². The minimum absolute atomic E-state index is 0.439. The zero-order valence-corrected chi connectivity index (χ0v) is 12.6. The monoisotopic (exact) mass is 286 g/mol.